The molecule has 1 saturated carbocycles. The number of rotatable bonds is 6. The summed E-state index contributed by atoms with van der Waals surface area (Å²) in [5.41, 5.74) is 3.21. The average Bonchev–Trinajstić information content (AvgIpc) is 3.48. The van der Waals surface area contributed by atoms with Crippen LogP contribution >= 0.6 is 11.3 Å². The van der Waals surface area contributed by atoms with Crippen LogP contribution in [0, 0.1) is 12.8 Å². The number of aromatic nitrogens is 3. The van der Waals surface area contributed by atoms with Gasteiger partial charge in [-0.1, -0.05) is 23.5 Å². The summed E-state index contributed by atoms with van der Waals surface area (Å²) in [5, 5.41) is 3.48. The molecule has 4 aromatic rings. The fourth-order valence-electron chi connectivity index (χ4n) is 3.61. The van der Waals surface area contributed by atoms with E-state index in [0.29, 0.717) is 10.8 Å². The molecule has 0 bridgehead atoms. The van der Waals surface area contributed by atoms with Crippen LogP contribution in [-0.4, -0.2) is 29.3 Å². The molecule has 1 aromatic carbocycles. The van der Waals surface area contributed by atoms with Gasteiger partial charge in [0.25, 0.3) is 10.0 Å². The van der Waals surface area contributed by atoms with Gasteiger partial charge in [0.15, 0.2) is 5.13 Å². The first-order chi connectivity index (χ1) is 15.4. The molecule has 0 radical (unpaired) electrons. The predicted molar refractivity (Wildman–Crippen MR) is 123 cm³/mol. The molecule has 8 nitrogen and oxygen atoms in total. The number of anilines is 2. The number of thiazole rings is 1. The number of aryl methyl sites for hydroxylation is 1. The fourth-order valence-corrected chi connectivity index (χ4v) is 5.59. The van der Waals surface area contributed by atoms with Gasteiger partial charge >= 0.3 is 0 Å². The molecule has 1 amide bonds. The predicted octanol–water partition coefficient (Wildman–Crippen LogP) is 3.94. The first kappa shape index (κ1) is 20.5. The zero-order valence-electron chi connectivity index (χ0n) is 17.0. The van der Waals surface area contributed by atoms with Crippen LogP contribution < -0.4 is 10.0 Å². The molecule has 3 aromatic heterocycles. The molecular formula is C22H19N5O3S2. The van der Waals surface area contributed by atoms with Gasteiger partial charge in [0.2, 0.25) is 5.91 Å². The standard InChI is InChI=1S/C22H19N5O3S2/c1-13-11-24-12-19-20(13)25-22(31-19)26-21(28)18-10-17(18)14-2-4-16(5-3-14)32(29,30)27-15-6-8-23-9-7-15/h2-9,11-12,17-18H,10H2,1H3,(H,23,27)(H,25,26,28). The second-order valence-electron chi connectivity index (χ2n) is 7.67. The van der Waals surface area contributed by atoms with Crippen molar-refractivity contribution in [1.29, 1.82) is 0 Å². The highest BCUT2D eigenvalue weighted by atomic mass is 32.2. The summed E-state index contributed by atoms with van der Waals surface area (Å²) in [4.78, 5) is 25.4. The number of fused-ring (bicyclic) bond motifs is 1. The van der Waals surface area contributed by atoms with Crippen LogP contribution in [0.2, 0.25) is 0 Å². The van der Waals surface area contributed by atoms with Gasteiger partial charge in [-0.2, -0.15) is 0 Å². The molecule has 1 aliphatic rings. The Hall–Kier alpha value is -3.37. The van der Waals surface area contributed by atoms with E-state index in [0.717, 1.165) is 27.8 Å². The Kier molecular flexibility index (Phi) is 5.10. The summed E-state index contributed by atoms with van der Waals surface area (Å²) in [6, 6.07) is 9.84. The number of carbonyl (C=O) groups is 1. The van der Waals surface area contributed by atoms with Crippen molar-refractivity contribution < 1.29 is 13.2 Å². The van der Waals surface area contributed by atoms with E-state index in [2.05, 4.69) is 25.0 Å². The lowest BCUT2D eigenvalue weighted by Crippen LogP contribution is -2.14. The van der Waals surface area contributed by atoms with Crippen molar-refractivity contribution in [1.82, 2.24) is 15.0 Å². The van der Waals surface area contributed by atoms with Crippen molar-refractivity contribution >= 4 is 48.3 Å². The third kappa shape index (κ3) is 4.06. The van der Waals surface area contributed by atoms with Gasteiger partial charge in [0.1, 0.15) is 0 Å². The van der Waals surface area contributed by atoms with Crippen molar-refractivity contribution in [2.75, 3.05) is 10.0 Å². The van der Waals surface area contributed by atoms with E-state index >= 15 is 0 Å². The number of nitrogens with one attached hydrogen (secondary N) is 2. The minimum Gasteiger partial charge on any atom is -0.302 e. The molecule has 0 aliphatic heterocycles. The van der Waals surface area contributed by atoms with E-state index in [9.17, 15) is 13.2 Å². The summed E-state index contributed by atoms with van der Waals surface area (Å²) in [5.74, 6) is -0.160. The third-order valence-electron chi connectivity index (χ3n) is 5.40. The lowest BCUT2D eigenvalue weighted by Gasteiger charge is -2.08. The molecule has 1 fully saturated rings. The van der Waals surface area contributed by atoms with Crippen LogP contribution in [0.25, 0.3) is 10.2 Å². The maximum absolute atomic E-state index is 12.7. The summed E-state index contributed by atoms with van der Waals surface area (Å²) < 4.78 is 28.6. The minimum atomic E-state index is -3.69. The molecule has 0 spiro atoms. The molecule has 2 N–H and O–H groups in total. The van der Waals surface area contributed by atoms with Crippen molar-refractivity contribution in [3.05, 3.63) is 72.3 Å². The van der Waals surface area contributed by atoms with Gasteiger partial charge in [-0.05, 0) is 54.7 Å². The number of amides is 1. The van der Waals surface area contributed by atoms with Gasteiger partial charge in [-0.15, -0.1) is 0 Å². The second kappa shape index (κ2) is 7.95. The van der Waals surface area contributed by atoms with Crippen LogP contribution in [0.3, 0.4) is 0 Å². The topological polar surface area (TPSA) is 114 Å². The van der Waals surface area contributed by atoms with Crippen molar-refractivity contribution in [3.8, 4) is 0 Å². The molecule has 5 rings (SSSR count). The average molecular weight is 466 g/mol. The van der Waals surface area contributed by atoms with E-state index < -0.39 is 10.0 Å². The van der Waals surface area contributed by atoms with Crippen molar-refractivity contribution in [3.63, 3.8) is 0 Å². The van der Waals surface area contributed by atoms with Crippen LogP contribution in [-0.2, 0) is 14.8 Å². The highest BCUT2D eigenvalue weighted by Crippen LogP contribution is 2.48. The van der Waals surface area contributed by atoms with Gasteiger partial charge < -0.3 is 5.32 Å². The molecule has 162 valence electrons. The number of carbonyl (C=O) groups excluding carboxylic acids is 1. The largest absolute Gasteiger partial charge is 0.302 e. The number of sulfonamides is 1. The molecule has 0 saturated heterocycles. The summed E-state index contributed by atoms with van der Waals surface area (Å²) in [6.45, 7) is 1.94. The number of hydrogen-bond donors (Lipinski definition) is 2. The van der Waals surface area contributed by atoms with E-state index in [4.69, 9.17) is 0 Å². The van der Waals surface area contributed by atoms with E-state index in [1.54, 1.807) is 48.8 Å². The smallest absolute Gasteiger partial charge is 0.261 e. The first-order valence-corrected chi connectivity index (χ1v) is 12.3. The second-order valence-corrected chi connectivity index (χ2v) is 10.4. The number of nitrogens with zero attached hydrogens (tertiary/aromatic N) is 3. The Balaban J connectivity index is 1.24. The lowest BCUT2D eigenvalue weighted by molar-refractivity contribution is -0.117. The van der Waals surface area contributed by atoms with Crippen molar-refractivity contribution in [2.45, 2.75) is 24.2 Å². The zero-order valence-corrected chi connectivity index (χ0v) is 18.7. The molecule has 2 unspecified atom stereocenters. The number of hydrogen-bond acceptors (Lipinski definition) is 7. The highest BCUT2D eigenvalue weighted by Gasteiger charge is 2.44. The minimum absolute atomic E-state index is 0.0673. The summed E-state index contributed by atoms with van der Waals surface area (Å²) in [7, 11) is -3.69. The van der Waals surface area contributed by atoms with Crippen LogP contribution in [0.15, 0.2) is 66.1 Å². The first-order valence-electron chi connectivity index (χ1n) is 9.95. The molecule has 1 aliphatic carbocycles. The number of benzene rings is 1. The SMILES string of the molecule is Cc1cncc2sc(NC(=O)C3CC3c3ccc(S(=O)(=O)Nc4ccncc4)cc3)nc12. The Bertz CT molecular complexity index is 1400. The Morgan fingerprint density at radius 2 is 1.81 bits per heavy atom. The van der Waals surface area contributed by atoms with E-state index in [1.807, 2.05) is 6.92 Å². The van der Waals surface area contributed by atoms with Crippen LogP contribution in [0.4, 0.5) is 10.8 Å². The quantitative estimate of drug-likeness (QED) is 0.446. The highest BCUT2D eigenvalue weighted by molar-refractivity contribution is 7.92. The molecule has 3 heterocycles. The van der Waals surface area contributed by atoms with E-state index in [-0.39, 0.29) is 22.6 Å². The third-order valence-corrected chi connectivity index (χ3v) is 7.70. The maximum Gasteiger partial charge on any atom is 0.261 e. The normalized spacial score (nSPS) is 17.8. The molecular weight excluding hydrogens is 446 g/mol. The van der Waals surface area contributed by atoms with Gasteiger partial charge in [-0.25, -0.2) is 13.4 Å². The fraction of sp³-hybridized carbons (Fsp3) is 0.182. The Morgan fingerprint density at radius 1 is 1.06 bits per heavy atom. The Morgan fingerprint density at radius 3 is 2.53 bits per heavy atom. The molecule has 10 heteroatoms. The Labute approximate surface area is 188 Å². The summed E-state index contributed by atoms with van der Waals surface area (Å²) >= 11 is 1.40. The summed E-state index contributed by atoms with van der Waals surface area (Å²) in [6.07, 6.45) is 7.26. The van der Waals surface area contributed by atoms with Crippen LogP contribution in [0.5, 0.6) is 0 Å². The monoisotopic (exact) mass is 465 g/mol. The zero-order chi connectivity index (χ0) is 22.3. The maximum atomic E-state index is 12.7. The van der Waals surface area contributed by atoms with Gasteiger partial charge in [0.05, 0.1) is 20.8 Å². The van der Waals surface area contributed by atoms with Gasteiger partial charge in [-0.3, -0.25) is 19.5 Å². The molecule has 32 heavy (non-hydrogen) atoms. The number of pyridine rings is 2. The molecule has 2 atom stereocenters. The lowest BCUT2D eigenvalue weighted by atomic mass is 10.1. The van der Waals surface area contributed by atoms with E-state index in [1.165, 1.54) is 23.7 Å². The van der Waals surface area contributed by atoms with Crippen LogP contribution in [0.1, 0.15) is 23.5 Å². The van der Waals surface area contributed by atoms with Gasteiger partial charge in [0, 0.05) is 30.7 Å². The van der Waals surface area contributed by atoms with Crippen molar-refractivity contribution in [2.24, 2.45) is 5.92 Å².